The molecule has 0 bridgehead atoms. The molecule has 0 saturated carbocycles. The fraction of sp³-hybridized carbons (Fsp3) is 0.923. The normalized spacial score (nSPS) is 14.0. The van der Waals surface area contributed by atoms with Crippen molar-refractivity contribution in [3.05, 3.63) is 12.3 Å². The number of hydrogen-bond donors (Lipinski definition) is 1. The monoisotopic (exact) mass is 705 g/mol. The highest BCUT2D eigenvalue weighted by molar-refractivity contribution is 7.47. The van der Waals surface area contributed by atoms with Crippen LogP contribution in [0.2, 0.25) is 0 Å². The number of quaternary nitrogens is 1. The lowest BCUT2D eigenvalue weighted by Crippen LogP contribution is -2.37. The second kappa shape index (κ2) is 33.2. The van der Waals surface area contributed by atoms with E-state index in [0.29, 0.717) is 17.4 Å². The summed E-state index contributed by atoms with van der Waals surface area (Å²) in [6, 6.07) is 0. The van der Waals surface area contributed by atoms with Crippen molar-refractivity contribution in [1.29, 1.82) is 0 Å². The first-order chi connectivity index (χ1) is 23.1. The SMILES string of the molecule is CCCCCCCCCCCCCCCCCC/C=C/OC[C@@H](COP(=O)(O)OCC[N+](C)(C)C)OC(=O)CCCCCCCCCC. The van der Waals surface area contributed by atoms with E-state index in [2.05, 4.69) is 13.8 Å². The summed E-state index contributed by atoms with van der Waals surface area (Å²) in [4.78, 5) is 22.6. The largest absolute Gasteiger partial charge is 0.498 e. The second-order valence-corrected chi connectivity index (χ2v) is 16.2. The maximum atomic E-state index is 12.5. The summed E-state index contributed by atoms with van der Waals surface area (Å²) >= 11 is 0. The minimum atomic E-state index is -4.27. The van der Waals surface area contributed by atoms with Crippen molar-refractivity contribution in [2.75, 3.05) is 47.5 Å². The maximum absolute atomic E-state index is 12.5. The average molecular weight is 705 g/mol. The van der Waals surface area contributed by atoms with E-state index in [1.165, 1.54) is 128 Å². The number of likely N-dealkylation sites (N-methyl/N-ethyl adjacent to an activating group) is 1. The Kier molecular flexibility index (Phi) is 32.6. The Hall–Kier alpha value is -0.920. The molecule has 286 valence electrons. The first-order valence-electron chi connectivity index (χ1n) is 20.0. The highest BCUT2D eigenvalue weighted by Crippen LogP contribution is 2.43. The summed E-state index contributed by atoms with van der Waals surface area (Å²) in [5, 5.41) is 0. The minimum Gasteiger partial charge on any atom is -0.498 e. The molecule has 0 saturated heterocycles. The van der Waals surface area contributed by atoms with Crippen LogP contribution in [0.15, 0.2) is 12.3 Å². The Morgan fingerprint density at radius 3 is 1.54 bits per heavy atom. The van der Waals surface area contributed by atoms with Crippen LogP contribution in [0.1, 0.15) is 181 Å². The lowest BCUT2D eigenvalue weighted by Gasteiger charge is -2.24. The Labute approximate surface area is 297 Å². The van der Waals surface area contributed by atoms with Gasteiger partial charge in [-0.25, -0.2) is 4.57 Å². The molecule has 0 aromatic rings. The van der Waals surface area contributed by atoms with E-state index in [-0.39, 0.29) is 25.8 Å². The van der Waals surface area contributed by atoms with Gasteiger partial charge in [-0.3, -0.25) is 13.8 Å². The first kappa shape index (κ1) is 47.1. The molecule has 48 heavy (non-hydrogen) atoms. The van der Waals surface area contributed by atoms with Gasteiger partial charge < -0.3 is 18.9 Å². The molecule has 0 aliphatic rings. The molecule has 8 nitrogen and oxygen atoms in total. The first-order valence-corrected chi connectivity index (χ1v) is 21.5. The number of esters is 1. The van der Waals surface area contributed by atoms with Crippen molar-refractivity contribution >= 4 is 13.8 Å². The molecule has 0 amide bonds. The number of unbranched alkanes of at least 4 members (excludes halogenated alkanes) is 23. The number of ether oxygens (including phenoxy) is 2. The smallest absolute Gasteiger partial charge is 0.472 e. The van der Waals surface area contributed by atoms with Crippen LogP contribution >= 0.6 is 7.82 Å². The summed E-state index contributed by atoms with van der Waals surface area (Å²) in [5.41, 5.74) is 0. The minimum absolute atomic E-state index is 0.0531. The summed E-state index contributed by atoms with van der Waals surface area (Å²) in [6.45, 7) is 4.91. The summed E-state index contributed by atoms with van der Waals surface area (Å²) in [7, 11) is 1.64. The van der Waals surface area contributed by atoms with E-state index < -0.39 is 13.9 Å². The predicted molar refractivity (Wildman–Crippen MR) is 201 cm³/mol. The van der Waals surface area contributed by atoms with Gasteiger partial charge in [0.25, 0.3) is 0 Å². The van der Waals surface area contributed by atoms with Gasteiger partial charge in [-0.1, -0.05) is 155 Å². The third kappa shape index (κ3) is 36.4. The number of phosphoric acid groups is 1. The molecule has 9 heteroatoms. The summed E-state index contributed by atoms with van der Waals surface area (Å²) < 4.78 is 34.5. The molecular weight excluding hydrogens is 625 g/mol. The Morgan fingerprint density at radius 1 is 0.646 bits per heavy atom. The number of carbonyl (C=O) groups excluding carboxylic acids is 1. The molecular formula is C39H79NO7P+. The number of phosphoric ester groups is 1. The highest BCUT2D eigenvalue weighted by atomic mass is 31.2. The molecule has 0 rings (SSSR count). The summed E-state index contributed by atoms with van der Waals surface area (Å²) in [6.07, 6.45) is 34.9. The van der Waals surface area contributed by atoms with Crippen LogP contribution in [0.25, 0.3) is 0 Å². The zero-order chi connectivity index (χ0) is 35.6. The molecule has 0 aliphatic heterocycles. The van der Waals surface area contributed by atoms with Crippen molar-refractivity contribution in [2.24, 2.45) is 0 Å². The van der Waals surface area contributed by atoms with Crippen LogP contribution in [-0.4, -0.2) is 69.0 Å². The number of carbonyl (C=O) groups is 1. The van der Waals surface area contributed by atoms with E-state index in [1.54, 1.807) is 6.26 Å². The lowest BCUT2D eigenvalue weighted by atomic mass is 10.0. The zero-order valence-electron chi connectivity index (χ0n) is 32.2. The Morgan fingerprint density at radius 2 is 1.08 bits per heavy atom. The van der Waals surface area contributed by atoms with Gasteiger partial charge in [0.15, 0.2) is 6.10 Å². The van der Waals surface area contributed by atoms with Gasteiger partial charge in [0.1, 0.15) is 19.8 Å². The van der Waals surface area contributed by atoms with Gasteiger partial charge >= 0.3 is 13.8 Å². The van der Waals surface area contributed by atoms with Crippen molar-refractivity contribution in [2.45, 2.75) is 187 Å². The van der Waals surface area contributed by atoms with Crippen LogP contribution in [0, 0.1) is 0 Å². The van der Waals surface area contributed by atoms with Crippen LogP contribution in [-0.2, 0) is 27.9 Å². The zero-order valence-corrected chi connectivity index (χ0v) is 33.1. The van der Waals surface area contributed by atoms with Crippen molar-refractivity contribution in [3.63, 3.8) is 0 Å². The van der Waals surface area contributed by atoms with E-state index in [0.717, 1.165) is 32.1 Å². The van der Waals surface area contributed by atoms with Gasteiger partial charge in [0.05, 0.1) is 34.0 Å². The predicted octanol–water partition coefficient (Wildman–Crippen LogP) is 11.5. The topological polar surface area (TPSA) is 91.3 Å². The van der Waals surface area contributed by atoms with Gasteiger partial charge in [-0.15, -0.1) is 0 Å². The summed E-state index contributed by atoms with van der Waals surface area (Å²) in [5.74, 6) is -0.339. The molecule has 0 spiro atoms. The number of allylic oxidation sites excluding steroid dienone is 1. The molecule has 0 aromatic heterocycles. The fourth-order valence-corrected chi connectivity index (χ4v) is 6.26. The van der Waals surface area contributed by atoms with Gasteiger partial charge in [-0.05, 0) is 25.3 Å². The molecule has 0 aliphatic carbocycles. The number of nitrogens with zero attached hydrogens (tertiary/aromatic N) is 1. The van der Waals surface area contributed by atoms with Crippen LogP contribution in [0.4, 0.5) is 0 Å². The van der Waals surface area contributed by atoms with E-state index >= 15 is 0 Å². The second-order valence-electron chi connectivity index (χ2n) is 14.7. The van der Waals surface area contributed by atoms with E-state index in [1.807, 2.05) is 27.2 Å². The molecule has 1 N–H and O–H groups in total. The molecule has 1 unspecified atom stereocenters. The molecule has 0 fully saturated rings. The molecule has 0 heterocycles. The van der Waals surface area contributed by atoms with E-state index in [4.69, 9.17) is 18.5 Å². The Balaban J connectivity index is 4.20. The molecule has 0 radical (unpaired) electrons. The van der Waals surface area contributed by atoms with Crippen LogP contribution < -0.4 is 0 Å². The van der Waals surface area contributed by atoms with Crippen molar-refractivity contribution in [1.82, 2.24) is 0 Å². The third-order valence-electron chi connectivity index (χ3n) is 8.67. The van der Waals surface area contributed by atoms with Crippen molar-refractivity contribution < 1.29 is 37.3 Å². The van der Waals surface area contributed by atoms with Crippen molar-refractivity contribution in [3.8, 4) is 0 Å². The van der Waals surface area contributed by atoms with Crippen LogP contribution in [0.5, 0.6) is 0 Å². The number of rotatable bonds is 37. The Bertz CT molecular complexity index is 787. The molecule has 0 aromatic carbocycles. The maximum Gasteiger partial charge on any atom is 0.472 e. The van der Waals surface area contributed by atoms with Gasteiger partial charge in [0.2, 0.25) is 0 Å². The third-order valence-corrected chi connectivity index (χ3v) is 9.66. The standard InChI is InChI=1S/C39H78NO7P/c1-6-8-10-12-14-16-17-18-19-20-21-22-23-24-25-27-29-31-34-44-36-38(37-46-48(42,43)45-35-33-40(3,4)5)47-39(41)32-30-28-26-15-13-11-9-7-2/h31,34,38H,6-30,32-33,35-37H2,1-5H3/p+1/b34-31+/t38-/m0/s1. The van der Waals surface area contributed by atoms with E-state index in [9.17, 15) is 14.3 Å². The van der Waals surface area contributed by atoms with Crippen LogP contribution in [0.3, 0.4) is 0 Å². The quantitative estimate of drug-likeness (QED) is 0.0226. The van der Waals surface area contributed by atoms with Gasteiger partial charge in [-0.2, -0.15) is 0 Å². The number of hydrogen-bond acceptors (Lipinski definition) is 6. The highest BCUT2D eigenvalue weighted by Gasteiger charge is 2.26. The average Bonchev–Trinajstić information content (AvgIpc) is 3.03. The van der Waals surface area contributed by atoms with Gasteiger partial charge in [0, 0.05) is 6.42 Å². The molecule has 2 atom stereocenters. The fourth-order valence-electron chi connectivity index (χ4n) is 5.52. The lowest BCUT2D eigenvalue weighted by molar-refractivity contribution is -0.870.